The number of anilines is 1. The smallest absolute Gasteiger partial charge is 0.219 e. The van der Waals surface area contributed by atoms with Crippen molar-refractivity contribution in [3.05, 3.63) is 90.3 Å². The number of piperidine rings is 1. The molecule has 0 unspecified atom stereocenters. The fourth-order valence-electron chi connectivity index (χ4n) is 5.19. The summed E-state index contributed by atoms with van der Waals surface area (Å²) in [6, 6.07) is 11.6. The van der Waals surface area contributed by atoms with Crippen molar-refractivity contribution in [3.63, 3.8) is 0 Å². The van der Waals surface area contributed by atoms with Crippen LogP contribution >= 0.6 is 0 Å². The summed E-state index contributed by atoms with van der Waals surface area (Å²) in [6.45, 7) is 5.00. The lowest BCUT2D eigenvalue weighted by Crippen LogP contribution is -2.36. The van der Waals surface area contributed by atoms with Crippen LogP contribution in [0.4, 0.5) is 10.2 Å². The van der Waals surface area contributed by atoms with Crippen molar-refractivity contribution < 1.29 is 18.7 Å². The molecule has 10 nitrogen and oxygen atoms in total. The molecule has 3 aromatic heterocycles. The van der Waals surface area contributed by atoms with Crippen LogP contribution in [0.15, 0.2) is 67.3 Å². The number of likely N-dealkylation sites (tertiary alicyclic amines) is 1. The van der Waals surface area contributed by atoms with Crippen LogP contribution in [0.25, 0.3) is 16.8 Å². The second kappa shape index (κ2) is 11.4. The standard InChI is InChI=1S/C31H30FN7O3/c1-19-35-16-21(17-36-19)18-41-26-13-24(32)14-27(15-26)42-25-5-3-22(4-6-25)28-29-30(33)34-9-12-39(29)31(37-28)23-7-10-38(11-8-23)20(2)40/h3-6,9,12-17,23H,7-8,10-11,18H2,1-2H3,(H2,33,34). The van der Waals surface area contributed by atoms with Crippen LogP contribution in [0.5, 0.6) is 17.2 Å². The summed E-state index contributed by atoms with van der Waals surface area (Å²) < 4.78 is 28.1. The van der Waals surface area contributed by atoms with E-state index in [1.54, 1.807) is 50.6 Å². The minimum absolute atomic E-state index is 0.0946. The van der Waals surface area contributed by atoms with Crippen LogP contribution in [0.1, 0.15) is 42.9 Å². The van der Waals surface area contributed by atoms with Crippen LogP contribution < -0.4 is 15.2 Å². The molecule has 4 heterocycles. The number of imidazole rings is 1. The average Bonchev–Trinajstić information content (AvgIpc) is 3.38. The highest BCUT2D eigenvalue weighted by atomic mass is 19.1. The minimum Gasteiger partial charge on any atom is -0.489 e. The number of carbonyl (C=O) groups excluding carboxylic acids is 1. The van der Waals surface area contributed by atoms with Gasteiger partial charge >= 0.3 is 0 Å². The van der Waals surface area contributed by atoms with Gasteiger partial charge in [-0.25, -0.2) is 24.3 Å². The molecule has 5 aromatic rings. The predicted octanol–water partition coefficient (Wildman–Crippen LogP) is 5.31. The molecule has 214 valence electrons. The number of hydrogen-bond donors (Lipinski definition) is 1. The van der Waals surface area contributed by atoms with Crippen LogP contribution in [0, 0.1) is 12.7 Å². The lowest BCUT2D eigenvalue weighted by atomic mass is 9.96. The zero-order valence-electron chi connectivity index (χ0n) is 23.3. The van der Waals surface area contributed by atoms with Gasteiger partial charge in [-0.15, -0.1) is 0 Å². The van der Waals surface area contributed by atoms with Gasteiger partial charge in [0, 0.05) is 80.0 Å². The van der Waals surface area contributed by atoms with Crippen molar-refractivity contribution in [1.82, 2.24) is 29.2 Å². The zero-order chi connectivity index (χ0) is 29.2. The van der Waals surface area contributed by atoms with Gasteiger partial charge in [0.1, 0.15) is 58.3 Å². The Kier molecular flexibility index (Phi) is 7.39. The average molecular weight is 568 g/mol. The van der Waals surface area contributed by atoms with E-state index in [0.717, 1.165) is 41.0 Å². The molecule has 1 aliphatic rings. The van der Waals surface area contributed by atoms with Gasteiger partial charge in [0.05, 0.1) is 0 Å². The summed E-state index contributed by atoms with van der Waals surface area (Å²) >= 11 is 0. The number of aryl methyl sites for hydroxylation is 1. The molecular weight excluding hydrogens is 537 g/mol. The van der Waals surface area contributed by atoms with Gasteiger partial charge in [0.2, 0.25) is 5.91 Å². The Hall–Kier alpha value is -5.06. The van der Waals surface area contributed by atoms with E-state index in [1.165, 1.54) is 12.1 Å². The van der Waals surface area contributed by atoms with Crippen LogP contribution in [0.3, 0.4) is 0 Å². The van der Waals surface area contributed by atoms with Crippen LogP contribution in [-0.2, 0) is 11.4 Å². The second-order valence-corrected chi connectivity index (χ2v) is 10.3. The highest BCUT2D eigenvalue weighted by Crippen LogP contribution is 2.35. The lowest BCUT2D eigenvalue weighted by molar-refractivity contribution is -0.129. The first kappa shape index (κ1) is 27.1. The number of halogens is 1. The highest BCUT2D eigenvalue weighted by molar-refractivity contribution is 5.85. The van der Waals surface area contributed by atoms with Crippen molar-refractivity contribution in [2.75, 3.05) is 18.8 Å². The van der Waals surface area contributed by atoms with Crippen molar-refractivity contribution in [3.8, 4) is 28.5 Å². The molecule has 1 amide bonds. The van der Waals surface area contributed by atoms with Gasteiger partial charge in [0.25, 0.3) is 0 Å². The van der Waals surface area contributed by atoms with Gasteiger partial charge < -0.3 is 20.1 Å². The lowest BCUT2D eigenvalue weighted by Gasteiger charge is -2.30. The number of benzene rings is 2. The molecule has 1 aliphatic heterocycles. The molecular formula is C31H30FN7O3. The SMILES string of the molecule is CC(=O)N1CCC(c2nc(-c3ccc(Oc4cc(F)cc(OCc5cnc(C)nc5)c4)cc3)c3c(N)nccn23)CC1. The quantitative estimate of drug-likeness (QED) is 0.281. The number of nitrogens with zero attached hydrogens (tertiary/aromatic N) is 6. The van der Waals surface area contributed by atoms with Crippen molar-refractivity contribution >= 4 is 17.2 Å². The summed E-state index contributed by atoms with van der Waals surface area (Å²) in [4.78, 5) is 31.3. The molecule has 1 saturated heterocycles. The topological polar surface area (TPSA) is 121 Å². The van der Waals surface area contributed by atoms with Crippen LogP contribution in [0.2, 0.25) is 0 Å². The first-order valence-electron chi connectivity index (χ1n) is 13.7. The van der Waals surface area contributed by atoms with E-state index in [1.807, 2.05) is 27.6 Å². The fraction of sp³-hybridized carbons (Fsp3) is 0.258. The normalized spacial score (nSPS) is 13.8. The summed E-state index contributed by atoms with van der Waals surface area (Å²) in [5.41, 5.74) is 9.40. The summed E-state index contributed by atoms with van der Waals surface area (Å²) in [5.74, 6) is 2.92. The maximum absolute atomic E-state index is 14.4. The summed E-state index contributed by atoms with van der Waals surface area (Å²) in [7, 11) is 0. The first-order chi connectivity index (χ1) is 20.3. The molecule has 0 spiro atoms. The van der Waals surface area contributed by atoms with Crippen molar-refractivity contribution in [1.29, 1.82) is 0 Å². The van der Waals surface area contributed by atoms with Gasteiger partial charge in [-0.05, 0) is 44.0 Å². The Morgan fingerprint density at radius 1 is 1.02 bits per heavy atom. The number of aromatic nitrogens is 5. The fourth-order valence-corrected chi connectivity index (χ4v) is 5.19. The molecule has 0 radical (unpaired) electrons. The van der Waals surface area contributed by atoms with E-state index in [2.05, 4.69) is 15.0 Å². The van der Waals surface area contributed by atoms with E-state index >= 15 is 0 Å². The van der Waals surface area contributed by atoms with E-state index in [0.29, 0.717) is 42.0 Å². The Morgan fingerprint density at radius 3 is 2.45 bits per heavy atom. The molecule has 0 bridgehead atoms. The molecule has 11 heteroatoms. The third-order valence-corrected chi connectivity index (χ3v) is 7.36. The number of hydrogen-bond acceptors (Lipinski definition) is 8. The number of nitrogen functional groups attached to an aromatic ring is 1. The molecule has 6 rings (SSSR count). The van der Waals surface area contributed by atoms with Gasteiger partial charge in [-0.1, -0.05) is 0 Å². The molecule has 0 atom stereocenters. The number of ether oxygens (including phenoxy) is 2. The number of rotatable bonds is 7. The van der Waals surface area contributed by atoms with Crippen molar-refractivity contribution in [2.24, 2.45) is 0 Å². The monoisotopic (exact) mass is 567 g/mol. The van der Waals surface area contributed by atoms with E-state index in [4.69, 9.17) is 20.2 Å². The second-order valence-electron chi connectivity index (χ2n) is 10.3. The van der Waals surface area contributed by atoms with Gasteiger partial charge in [-0.2, -0.15) is 0 Å². The van der Waals surface area contributed by atoms with Crippen LogP contribution in [-0.4, -0.2) is 48.2 Å². The Labute approximate surface area is 242 Å². The highest BCUT2D eigenvalue weighted by Gasteiger charge is 2.27. The third kappa shape index (κ3) is 5.71. The maximum atomic E-state index is 14.4. The minimum atomic E-state index is -0.478. The number of amides is 1. The van der Waals surface area contributed by atoms with Crippen molar-refractivity contribution in [2.45, 2.75) is 39.2 Å². The van der Waals surface area contributed by atoms with E-state index < -0.39 is 5.82 Å². The summed E-state index contributed by atoms with van der Waals surface area (Å²) in [5, 5.41) is 0. The third-order valence-electron chi connectivity index (χ3n) is 7.36. The molecule has 1 fully saturated rings. The predicted molar refractivity (Wildman–Crippen MR) is 155 cm³/mol. The maximum Gasteiger partial charge on any atom is 0.219 e. The Bertz CT molecular complexity index is 1730. The molecule has 0 saturated carbocycles. The molecule has 0 aliphatic carbocycles. The zero-order valence-corrected chi connectivity index (χ0v) is 23.3. The largest absolute Gasteiger partial charge is 0.489 e. The number of fused-ring (bicyclic) bond motifs is 1. The van der Waals surface area contributed by atoms with E-state index in [-0.39, 0.29) is 18.4 Å². The number of nitrogens with two attached hydrogens (primary N) is 1. The Morgan fingerprint density at radius 2 is 1.74 bits per heavy atom. The molecule has 2 aromatic carbocycles. The number of carbonyl (C=O) groups is 1. The molecule has 2 N–H and O–H groups in total. The first-order valence-corrected chi connectivity index (χ1v) is 13.7. The van der Waals surface area contributed by atoms with Gasteiger partial charge in [0.15, 0.2) is 0 Å². The summed E-state index contributed by atoms with van der Waals surface area (Å²) in [6.07, 6.45) is 8.55. The Balaban J connectivity index is 1.21. The van der Waals surface area contributed by atoms with Gasteiger partial charge in [-0.3, -0.25) is 9.20 Å². The molecule has 42 heavy (non-hydrogen) atoms. The van der Waals surface area contributed by atoms with E-state index in [9.17, 15) is 9.18 Å².